The standard InChI is InChI=1S/C7H6FN3S/c1-9-6-4(8)2-5-7(11-6)12-3-10-5/h2-3H,1H3,(H,9,11). The van der Waals surface area contributed by atoms with Gasteiger partial charge in [0, 0.05) is 13.1 Å². The number of fused-ring (bicyclic) bond motifs is 1. The number of aromatic nitrogens is 2. The van der Waals surface area contributed by atoms with Gasteiger partial charge in [0.1, 0.15) is 10.3 Å². The molecule has 5 heteroatoms. The number of hydrogen-bond donors (Lipinski definition) is 1. The molecule has 0 saturated heterocycles. The monoisotopic (exact) mass is 183 g/mol. The van der Waals surface area contributed by atoms with Crippen molar-refractivity contribution in [2.24, 2.45) is 0 Å². The average molecular weight is 183 g/mol. The zero-order valence-corrected chi connectivity index (χ0v) is 7.15. The third-order valence-corrected chi connectivity index (χ3v) is 2.25. The van der Waals surface area contributed by atoms with Gasteiger partial charge in [-0.25, -0.2) is 14.4 Å². The van der Waals surface area contributed by atoms with Gasteiger partial charge in [-0.15, -0.1) is 11.3 Å². The molecule has 1 N–H and O–H groups in total. The number of thiazole rings is 1. The van der Waals surface area contributed by atoms with E-state index in [4.69, 9.17) is 0 Å². The van der Waals surface area contributed by atoms with Crippen LogP contribution in [-0.2, 0) is 0 Å². The highest BCUT2D eigenvalue weighted by molar-refractivity contribution is 7.16. The van der Waals surface area contributed by atoms with Crippen molar-refractivity contribution in [2.45, 2.75) is 0 Å². The number of pyridine rings is 1. The van der Waals surface area contributed by atoms with E-state index in [-0.39, 0.29) is 11.6 Å². The third kappa shape index (κ3) is 1.02. The van der Waals surface area contributed by atoms with E-state index in [1.54, 1.807) is 12.6 Å². The van der Waals surface area contributed by atoms with Crippen molar-refractivity contribution < 1.29 is 4.39 Å². The van der Waals surface area contributed by atoms with Gasteiger partial charge in [-0.05, 0) is 0 Å². The molecule has 0 spiro atoms. The Labute approximate surface area is 72.3 Å². The van der Waals surface area contributed by atoms with E-state index in [9.17, 15) is 4.39 Å². The third-order valence-electron chi connectivity index (χ3n) is 1.52. The van der Waals surface area contributed by atoms with Gasteiger partial charge in [0.05, 0.1) is 5.51 Å². The van der Waals surface area contributed by atoms with Crippen molar-refractivity contribution in [3.05, 3.63) is 17.4 Å². The summed E-state index contributed by atoms with van der Waals surface area (Å²) < 4.78 is 13.0. The van der Waals surface area contributed by atoms with Crippen LogP contribution in [0.3, 0.4) is 0 Å². The second-order valence-corrected chi connectivity index (χ2v) is 3.08. The Morgan fingerprint density at radius 1 is 1.58 bits per heavy atom. The van der Waals surface area contributed by atoms with E-state index >= 15 is 0 Å². The number of halogens is 1. The maximum Gasteiger partial charge on any atom is 0.167 e. The molecule has 2 heterocycles. The van der Waals surface area contributed by atoms with Gasteiger partial charge >= 0.3 is 0 Å². The quantitative estimate of drug-likeness (QED) is 0.733. The predicted molar refractivity (Wildman–Crippen MR) is 46.9 cm³/mol. The average Bonchev–Trinajstić information content (AvgIpc) is 2.49. The summed E-state index contributed by atoms with van der Waals surface area (Å²) in [4.78, 5) is 8.72. The van der Waals surface area contributed by atoms with Crippen molar-refractivity contribution in [1.29, 1.82) is 0 Å². The minimum absolute atomic E-state index is 0.270. The molecule has 0 aliphatic rings. The lowest BCUT2D eigenvalue weighted by Crippen LogP contribution is -1.95. The lowest BCUT2D eigenvalue weighted by atomic mass is 10.4. The van der Waals surface area contributed by atoms with Crippen LogP contribution in [0.2, 0.25) is 0 Å². The fourth-order valence-corrected chi connectivity index (χ4v) is 1.59. The van der Waals surface area contributed by atoms with Gasteiger partial charge in [-0.1, -0.05) is 0 Å². The Morgan fingerprint density at radius 3 is 3.17 bits per heavy atom. The molecule has 62 valence electrons. The zero-order chi connectivity index (χ0) is 8.55. The molecule has 12 heavy (non-hydrogen) atoms. The highest BCUT2D eigenvalue weighted by Gasteiger charge is 2.05. The van der Waals surface area contributed by atoms with Crippen molar-refractivity contribution in [3.8, 4) is 0 Å². The molecule has 3 nitrogen and oxygen atoms in total. The van der Waals surface area contributed by atoms with E-state index in [0.29, 0.717) is 5.52 Å². The number of hydrogen-bond acceptors (Lipinski definition) is 4. The van der Waals surface area contributed by atoms with Crippen LogP contribution in [0, 0.1) is 5.82 Å². The smallest absolute Gasteiger partial charge is 0.167 e. The van der Waals surface area contributed by atoms with Gasteiger partial charge in [-0.2, -0.15) is 0 Å². The van der Waals surface area contributed by atoms with Gasteiger partial charge in [0.15, 0.2) is 11.6 Å². The molecule has 0 aliphatic heterocycles. The topological polar surface area (TPSA) is 37.8 Å². The molecular formula is C7H6FN3S. The minimum Gasteiger partial charge on any atom is -0.371 e. The Balaban J connectivity index is 2.73. The van der Waals surface area contributed by atoms with Gasteiger partial charge in [-0.3, -0.25) is 0 Å². The molecule has 0 atom stereocenters. The van der Waals surface area contributed by atoms with Crippen molar-refractivity contribution in [3.63, 3.8) is 0 Å². The van der Waals surface area contributed by atoms with E-state index in [1.165, 1.54) is 17.4 Å². The van der Waals surface area contributed by atoms with Crippen LogP contribution >= 0.6 is 11.3 Å². The number of nitrogens with one attached hydrogen (secondary N) is 1. The first-order chi connectivity index (χ1) is 5.81. The summed E-state index contributed by atoms with van der Waals surface area (Å²) >= 11 is 1.40. The lowest BCUT2D eigenvalue weighted by Gasteiger charge is -1.98. The molecule has 0 radical (unpaired) electrons. The Hall–Kier alpha value is -1.23. The fourth-order valence-electron chi connectivity index (χ4n) is 0.950. The molecule has 0 saturated carbocycles. The van der Waals surface area contributed by atoms with Gasteiger partial charge < -0.3 is 5.32 Å². The fraction of sp³-hybridized carbons (Fsp3) is 0.143. The summed E-state index contributed by atoms with van der Waals surface area (Å²) in [6.07, 6.45) is 0. The van der Waals surface area contributed by atoms with Crippen LogP contribution in [0.4, 0.5) is 10.2 Å². The lowest BCUT2D eigenvalue weighted by molar-refractivity contribution is 0.628. The maximum atomic E-state index is 13.0. The van der Waals surface area contributed by atoms with Gasteiger partial charge in [0.2, 0.25) is 0 Å². The molecule has 2 aromatic heterocycles. The number of nitrogens with zero attached hydrogens (tertiary/aromatic N) is 2. The normalized spacial score (nSPS) is 10.5. The van der Waals surface area contributed by atoms with E-state index in [2.05, 4.69) is 15.3 Å². The molecule has 2 aromatic rings. The highest BCUT2D eigenvalue weighted by Crippen LogP contribution is 2.20. The van der Waals surface area contributed by atoms with E-state index in [1.807, 2.05) is 0 Å². The molecule has 0 amide bonds. The van der Waals surface area contributed by atoms with Crippen LogP contribution in [-0.4, -0.2) is 17.0 Å². The maximum absolute atomic E-state index is 13.0. The summed E-state index contributed by atoms with van der Waals surface area (Å²) in [6, 6.07) is 1.38. The summed E-state index contributed by atoms with van der Waals surface area (Å²) in [5.74, 6) is -0.0948. The SMILES string of the molecule is CNc1nc2scnc2cc1F. The van der Waals surface area contributed by atoms with Crippen LogP contribution in [0.25, 0.3) is 10.3 Å². The highest BCUT2D eigenvalue weighted by atomic mass is 32.1. The summed E-state index contributed by atoms with van der Waals surface area (Å²) in [5, 5.41) is 2.67. The first kappa shape index (κ1) is 7.42. The van der Waals surface area contributed by atoms with Crippen LogP contribution in [0.1, 0.15) is 0 Å². The summed E-state index contributed by atoms with van der Waals surface area (Å²) in [7, 11) is 1.64. The first-order valence-corrected chi connectivity index (χ1v) is 4.26. The molecule has 0 bridgehead atoms. The van der Waals surface area contributed by atoms with Crippen LogP contribution in [0.5, 0.6) is 0 Å². The molecule has 0 fully saturated rings. The molecule has 0 aliphatic carbocycles. The Morgan fingerprint density at radius 2 is 2.42 bits per heavy atom. The number of rotatable bonds is 1. The van der Waals surface area contributed by atoms with Crippen LogP contribution in [0.15, 0.2) is 11.6 Å². The van der Waals surface area contributed by atoms with Gasteiger partial charge in [0.25, 0.3) is 0 Å². The second kappa shape index (κ2) is 2.67. The number of anilines is 1. The zero-order valence-electron chi connectivity index (χ0n) is 6.34. The van der Waals surface area contributed by atoms with Crippen molar-refractivity contribution in [2.75, 3.05) is 12.4 Å². The molecular weight excluding hydrogens is 177 g/mol. The van der Waals surface area contributed by atoms with E-state index in [0.717, 1.165) is 4.83 Å². The van der Waals surface area contributed by atoms with Crippen molar-refractivity contribution in [1.82, 2.24) is 9.97 Å². The molecule has 0 unspecified atom stereocenters. The molecule has 2 rings (SSSR count). The second-order valence-electron chi connectivity index (χ2n) is 2.25. The van der Waals surface area contributed by atoms with Crippen molar-refractivity contribution >= 4 is 27.5 Å². The Bertz CT molecular complexity index is 412. The summed E-state index contributed by atoms with van der Waals surface area (Å²) in [6.45, 7) is 0. The molecule has 0 aromatic carbocycles. The first-order valence-electron chi connectivity index (χ1n) is 3.39. The predicted octanol–water partition coefficient (Wildman–Crippen LogP) is 1.87. The van der Waals surface area contributed by atoms with Crippen LogP contribution < -0.4 is 5.32 Å². The Kier molecular flexibility index (Phi) is 1.65. The summed E-state index contributed by atoms with van der Waals surface area (Å²) in [5.41, 5.74) is 2.26. The minimum atomic E-state index is -0.365. The van der Waals surface area contributed by atoms with E-state index < -0.39 is 0 Å². The largest absolute Gasteiger partial charge is 0.371 e.